The second-order valence-electron chi connectivity index (χ2n) is 6.85. The normalized spacial score (nSPS) is 16.0. The van der Waals surface area contributed by atoms with Crippen molar-refractivity contribution in [2.45, 2.75) is 23.3 Å². The molecule has 1 fully saturated rings. The first-order valence-corrected chi connectivity index (χ1v) is 12.1. The monoisotopic (exact) mass is 505 g/mol. The van der Waals surface area contributed by atoms with Crippen LogP contribution < -0.4 is 10.6 Å². The summed E-state index contributed by atoms with van der Waals surface area (Å²) in [5.74, 6) is 0.140. The third kappa shape index (κ3) is 5.60. The molecule has 6 nitrogen and oxygen atoms in total. The van der Waals surface area contributed by atoms with E-state index in [0.29, 0.717) is 23.5 Å². The predicted molar refractivity (Wildman–Crippen MR) is 124 cm³/mol. The number of amides is 2. The molecule has 1 aromatic heterocycles. The Kier molecular flexibility index (Phi) is 7.04. The van der Waals surface area contributed by atoms with Crippen LogP contribution in [-0.2, 0) is 9.53 Å². The molecular formula is C21H20BrN3O3S2. The van der Waals surface area contributed by atoms with E-state index in [2.05, 4.69) is 31.5 Å². The van der Waals surface area contributed by atoms with Gasteiger partial charge in [-0.1, -0.05) is 27.7 Å². The fourth-order valence-corrected chi connectivity index (χ4v) is 5.26. The molecule has 0 spiro atoms. The van der Waals surface area contributed by atoms with Gasteiger partial charge >= 0.3 is 0 Å². The molecule has 4 rings (SSSR count). The van der Waals surface area contributed by atoms with Gasteiger partial charge in [0.15, 0.2) is 4.34 Å². The first kappa shape index (κ1) is 21.3. The van der Waals surface area contributed by atoms with Gasteiger partial charge in [-0.15, -0.1) is 11.3 Å². The molecule has 1 aliphatic rings. The van der Waals surface area contributed by atoms with Gasteiger partial charge in [-0.2, -0.15) is 0 Å². The summed E-state index contributed by atoms with van der Waals surface area (Å²) in [6, 6.07) is 12.8. The number of carbonyl (C=O) groups excluding carboxylic acids is 2. The zero-order chi connectivity index (χ0) is 20.9. The van der Waals surface area contributed by atoms with Crippen LogP contribution in [0.15, 0.2) is 51.3 Å². The van der Waals surface area contributed by atoms with Gasteiger partial charge in [-0.3, -0.25) is 9.59 Å². The maximum absolute atomic E-state index is 12.4. The summed E-state index contributed by atoms with van der Waals surface area (Å²) in [6.45, 7) is 1.35. The largest absolute Gasteiger partial charge is 0.376 e. The quantitative estimate of drug-likeness (QED) is 0.455. The number of thiazole rings is 1. The van der Waals surface area contributed by atoms with Gasteiger partial charge in [0.25, 0.3) is 5.91 Å². The number of rotatable bonds is 7. The number of nitrogens with one attached hydrogen (secondary N) is 2. The summed E-state index contributed by atoms with van der Waals surface area (Å²) in [4.78, 5) is 29.0. The number of thioether (sulfide) groups is 1. The van der Waals surface area contributed by atoms with E-state index in [4.69, 9.17) is 4.74 Å². The number of ether oxygens (including phenoxy) is 1. The lowest BCUT2D eigenvalue weighted by Crippen LogP contribution is -2.32. The Morgan fingerprint density at radius 2 is 2.07 bits per heavy atom. The predicted octanol–water partition coefficient (Wildman–Crippen LogP) is 4.70. The number of aromatic nitrogens is 1. The van der Waals surface area contributed by atoms with Crippen molar-refractivity contribution in [1.29, 1.82) is 0 Å². The molecule has 156 valence electrons. The minimum atomic E-state index is -0.163. The lowest BCUT2D eigenvalue weighted by molar-refractivity contribution is -0.119. The zero-order valence-electron chi connectivity index (χ0n) is 16.0. The summed E-state index contributed by atoms with van der Waals surface area (Å²) in [5.41, 5.74) is 2.15. The van der Waals surface area contributed by atoms with Crippen molar-refractivity contribution in [1.82, 2.24) is 10.3 Å². The Hall–Kier alpha value is -1.94. The third-order valence-electron chi connectivity index (χ3n) is 4.61. The molecule has 30 heavy (non-hydrogen) atoms. The van der Waals surface area contributed by atoms with Gasteiger partial charge in [0.05, 0.1) is 22.1 Å². The smallest absolute Gasteiger partial charge is 0.255 e. The van der Waals surface area contributed by atoms with Crippen molar-refractivity contribution in [3.8, 4) is 0 Å². The van der Waals surface area contributed by atoms with Crippen LogP contribution in [0.3, 0.4) is 0 Å². The van der Waals surface area contributed by atoms with Crippen LogP contribution in [-0.4, -0.2) is 41.8 Å². The molecular weight excluding hydrogens is 486 g/mol. The highest BCUT2D eigenvalue weighted by Gasteiger charge is 2.16. The van der Waals surface area contributed by atoms with Gasteiger partial charge in [0, 0.05) is 28.9 Å². The number of hydrogen-bond donors (Lipinski definition) is 2. The van der Waals surface area contributed by atoms with Crippen LogP contribution in [0.5, 0.6) is 0 Å². The maximum atomic E-state index is 12.4. The number of fused-ring (bicyclic) bond motifs is 1. The lowest BCUT2D eigenvalue weighted by atomic mass is 10.2. The van der Waals surface area contributed by atoms with Crippen LogP contribution in [0.2, 0.25) is 0 Å². The molecule has 1 atom stereocenters. The van der Waals surface area contributed by atoms with Crippen LogP contribution in [0.4, 0.5) is 5.69 Å². The van der Waals surface area contributed by atoms with E-state index in [1.807, 2.05) is 30.3 Å². The second kappa shape index (κ2) is 9.91. The molecule has 0 saturated carbocycles. The van der Waals surface area contributed by atoms with Gasteiger partial charge in [-0.25, -0.2) is 4.98 Å². The highest BCUT2D eigenvalue weighted by molar-refractivity contribution is 9.10. The Labute approximate surface area is 190 Å². The number of nitrogens with zero attached hydrogens (tertiary/aromatic N) is 1. The summed E-state index contributed by atoms with van der Waals surface area (Å²) in [5, 5.41) is 5.83. The third-order valence-corrected chi connectivity index (χ3v) is 7.30. The van der Waals surface area contributed by atoms with E-state index >= 15 is 0 Å². The lowest BCUT2D eigenvalue weighted by Gasteiger charge is -2.09. The maximum Gasteiger partial charge on any atom is 0.255 e. The summed E-state index contributed by atoms with van der Waals surface area (Å²) < 4.78 is 8.23. The molecule has 1 saturated heterocycles. The highest BCUT2D eigenvalue weighted by Crippen LogP contribution is 2.31. The van der Waals surface area contributed by atoms with E-state index < -0.39 is 0 Å². The molecule has 2 aromatic carbocycles. The fraction of sp³-hybridized carbons (Fsp3) is 0.286. The summed E-state index contributed by atoms with van der Waals surface area (Å²) in [6.07, 6.45) is 2.21. The van der Waals surface area contributed by atoms with E-state index in [-0.39, 0.29) is 17.9 Å². The molecule has 9 heteroatoms. The molecule has 2 amide bonds. The fourth-order valence-electron chi connectivity index (χ4n) is 3.06. The van der Waals surface area contributed by atoms with Crippen molar-refractivity contribution < 1.29 is 14.3 Å². The SMILES string of the molecule is O=C(CSc1nc2ccc(NC(=O)c3ccc(Br)cc3)cc2s1)NC[C@H]1CCCO1. The van der Waals surface area contributed by atoms with E-state index in [1.165, 1.54) is 23.1 Å². The van der Waals surface area contributed by atoms with Crippen molar-refractivity contribution in [2.24, 2.45) is 0 Å². The van der Waals surface area contributed by atoms with Gasteiger partial charge in [0.1, 0.15) is 0 Å². The molecule has 2 heterocycles. The standard InChI is InChI=1S/C21H20BrN3O3S2/c22-14-5-3-13(4-6-14)20(27)24-15-7-8-17-18(10-15)30-21(25-17)29-12-19(26)23-11-16-2-1-9-28-16/h3-8,10,16H,1-2,9,11-12H2,(H,23,26)(H,24,27)/t16-/m1/s1. The van der Waals surface area contributed by atoms with Crippen LogP contribution >= 0.6 is 39.0 Å². The molecule has 3 aromatic rings. The van der Waals surface area contributed by atoms with Gasteiger partial charge in [-0.05, 0) is 55.3 Å². The van der Waals surface area contributed by atoms with E-state index in [9.17, 15) is 9.59 Å². The Bertz CT molecular complexity index is 1050. The molecule has 0 unspecified atom stereocenters. The van der Waals surface area contributed by atoms with Gasteiger partial charge in [0.2, 0.25) is 5.91 Å². The zero-order valence-corrected chi connectivity index (χ0v) is 19.2. The van der Waals surface area contributed by atoms with E-state index in [1.54, 1.807) is 12.1 Å². The minimum Gasteiger partial charge on any atom is -0.376 e. The Balaban J connectivity index is 1.33. The minimum absolute atomic E-state index is 0.0165. The number of anilines is 1. The van der Waals surface area contributed by atoms with Crippen LogP contribution in [0.25, 0.3) is 10.2 Å². The Morgan fingerprint density at radius 3 is 2.83 bits per heavy atom. The number of benzene rings is 2. The first-order valence-electron chi connectivity index (χ1n) is 9.55. The average Bonchev–Trinajstić information content (AvgIpc) is 3.40. The number of hydrogen-bond acceptors (Lipinski definition) is 6. The molecule has 2 N–H and O–H groups in total. The number of carbonyl (C=O) groups is 2. The average molecular weight is 506 g/mol. The van der Waals surface area contributed by atoms with E-state index in [0.717, 1.165) is 38.5 Å². The molecule has 0 radical (unpaired) electrons. The topological polar surface area (TPSA) is 80.3 Å². The van der Waals surface area contributed by atoms with Crippen LogP contribution in [0.1, 0.15) is 23.2 Å². The van der Waals surface area contributed by atoms with Crippen LogP contribution in [0, 0.1) is 0 Å². The van der Waals surface area contributed by atoms with Crippen molar-refractivity contribution in [3.63, 3.8) is 0 Å². The molecule has 0 aliphatic carbocycles. The summed E-state index contributed by atoms with van der Waals surface area (Å²) in [7, 11) is 0. The second-order valence-corrected chi connectivity index (χ2v) is 10.0. The first-order chi connectivity index (χ1) is 14.6. The highest BCUT2D eigenvalue weighted by atomic mass is 79.9. The van der Waals surface area contributed by atoms with Crippen molar-refractivity contribution >= 4 is 66.7 Å². The van der Waals surface area contributed by atoms with Gasteiger partial charge < -0.3 is 15.4 Å². The molecule has 1 aliphatic heterocycles. The molecule has 0 bridgehead atoms. The van der Waals surface area contributed by atoms with Crippen molar-refractivity contribution in [3.05, 3.63) is 52.5 Å². The summed E-state index contributed by atoms with van der Waals surface area (Å²) >= 11 is 6.30. The number of halogens is 1. The Morgan fingerprint density at radius 1 is 1.23 bits per heavy atom. The van der Waals surface area contributed by atoms with Crippen molar-refractivity contribution in [2.75, 3.05) is 24.2 Å².